The summed E-state index contributed by atoms with van der Waals surface area (Å²) in [5.74, 6) is 0.0897. The van der Waals surface area contributed by atoms with Crippen molar-refractivity contribution in [3.63, 3.8) is 0 Å². The summed E-state index contributed by atoms with van der Waals surface area (Å²) < 4.78 is 0.191. The van der Waals surface area contributed by atoms with Crippen molar-refractivity contribution in [2.45, 2.75) is 25.5 Å². The number of carbonyl (C=O) groups is 1. The molecule has 104 valence electrons. The summed E-state index contributed by atoms with van der Waals surface area (Å²) in [7, 11) is 0. The van der Waals surface area contributed by atoms with E-state index in [-0.39, 0.29) is 10.3 Å². The van der Waals surface area contributed by atoms with Crippen LogP contribution >= 0.6 is 11.8 Å². The summed E-state index contributed by atoms with van der Waals surface area (Å²) in [6, 6.07) is 3.67. The number of benzene rings is 1. The van der Waals surface area contributed by atoms with Gasteiger partial charge in [0.15, 0.2) is 0 Å². The number of hydrogen-bond acceptors (Lipinski definition) is 4. The fourth-order valence-corrected chi connectivity index (χ4v) is 3.49. The van der Waals surface area contributed by atoms with Crippen LogP contribution in [0.2, 0.25) is 0 Å². The van der Waals surface area contributed by atoms with E-state index >= 15 is 0 Å². The van der Waals surface area contributed by atoms with Gasteiger partial charge in [-0.3, -0.25) is 0 Å². The maximum atomic E-state index is 11.2. The van der Waals surface area contributed by atoms with Crippen LogP contribution in [0.25, 0.3) is 0 Å². The number of thioether (sulfide) groups is 1. The summed E-state index contributed by atoms with van der Waals surface area (Å²) >= 11 is 1.95. The zero-order valence-electron chi connectivity index (χ0n) is 11.6. The van der Waals surface area contributed by atoms with Crippen LogP contribution < -0.4 is 10.6 Å². The number of anilines is 2. The van der Waals surface area contributed by atoms with Crippen molar-refractivity contribution in [2.24, 2.45) is 0 Å². The van der Waals surface area contributed by atoms with Crippen molar-refractivity contribution >= 4 is 29.1 Å². The largest absolute Gasteiger partial charge is 0.478 e. The molecule has 4 nitrogen and oxygen atoms in total. The number of carboxylic acid groups (broad SMARTS) is 1. The molecule has 0 amide bonds. The zero-order chi connectivity index (χ0) is 14.2. The van der Waals surface area contributed by atoms with Crippen LogP contribution in [0, 0.1) is 6.92 Å². The Balaban J connectivity index is 2.37. The van der Waals surface area contributed by atoms with E-state index in [2.05, 4.69) is 18.7 Å². The van der Waals surface area contributed by atoms with E-state index < -0.39 is 5.97 Å². The number of aryl methyl sites for hydroxylation is 1. The molecule has 0 spiro atoms. The van der Waals surface area contributed by atoms with Gasteiger partial charge in [0.25, 0.3) is 0 Å². The average molecular weight is 280 g/mol. The molecule has 1 aliphatic rings. The highest BCUT2D eigenvalue weighted by atomic mass is 32.2. The molecule has 0 saturated carbocycles. The minimum absolute atomic E-state index is 0.191. The van der Waals surface area contributed by atoms with Crippen LogP contribution in [0.4, 0.5) is 11.4 Å². The van der Waals surface area contributed by atoms with Gasteiger partial charge in [-0.15, -0.1) is 0 Å². The lowest BCUT2D eigenvalue weighted by Crippen LogP contribution is -2.43. The first kappa shape index (κ1) is 14.1. The molecule has 1 heterocycles. The zero-order valence-corrected chi connectivity index (χ0v) is 12.4. The molecule has 0 atom stereocenters. The third-order valence-corrected chi connectivity index (χ3v) is 4.69. The van der Waals surface area contributed by atoms with Gasteiger partial charge in [-0.2, -0.15) is 11.8 Å². The minimum Gasteiger partial charge on any atom is -0.478 e. The van der Waals surface area contributed by atoms with Gasteiger partial charge in [0.1, 0.15) is 0 Å². The normalized spacial score (nSPS) is 18.4. The lowest BCUT2D eigenvalue weighted by molar-refractivity contribution is 0.0698. The van der Waals surface area contributed by atoms with Crippen LogP contribution in [0.3, 0.4) is 0 Å². The van der Waals surface area contributed by atoms with Crippen molar-refractivity contribution in [3.05, 3.63) is 23.3 Å². The number of rotatable bonds is 2. The van der Waals surface area contributed by atoms with Crippen molar-refractivity contribution in [2.75, 3.05) is 29.5 Å². The van der Waals surface area contributed by atoms with Gasteiger partial charge in [-0.1, -0.05) is 0 Å². The Morgan fingerprint density at radius 3 is 2.74 bits per heavy atom. The molecular formula is C14H20N2O2S. The fraction of sp³-hybridized carbons (Fsp3) is 0.500. The minimum atomic E-state index is -0.965. The van der Waals surface area contributed by atoms with Crippen molar-refractivity contribution in [1.82, 2.24) is 0 Å². The molecule has 1 fully saturated rings. The first-order chi connectivity index (χ1) is 8.80. The molecule has 3 N–H and O–H groups in total. The van der Waals surface area contributed by atoms with E-state index in [0.717, 1.165) is 30.1 Å². The Labute approximate surface area is 118 Å². The molecule has 0 unspecified atom stereocenters. The third kappa shape index (κ3) is 2.97. The quantitative estimate of drug-likeness (QED) is 0.815. The smallest absolute Gasteiger partial charge is 0.337 e. The van der Waals surface area contributed by atoms with Crippen LogP contribution in [-0.4, -0.2) is 34.7 Å². The van der Waals surface area contributed by atoms with Gasteiger partial charge >= 0.3 is 5.97 Å². The molecule has 0 bridgehead atoms. The Bertz CT molecular complexity index is 514. The molecule has 0 aromatic heterocycles. The van der Waals surface area contributed by atoms with Crippen LogP contribution in [0.15, 0.2) is 12.1 Å². The van der Waals surface area contributed by atoms with Crippen LogP contribution in [-0.2, 0) is 0 Å². The Kier molecular flexibility index (Phi) is 3.67. The third-order valence-electron chi connectivity index (χ3n) is 3.39. The summed E-state index contributed by atoms with van der Waals surface area (Å²) in [6.45, 7) is 8.14. The molecule has 0 radical (unpaired) electrons. The maximum absolute atomic E-state index is 11.2. The van der Waals surface area contributed by atoms with E-state index in [1.54, 1.807) is 6.07 Å². The second-order valence-electron chi connectivity index (χ2n) is 5.56. The van der Waals surface area contributed by atoms with Crippen LogP contribution in [0.5, 0.6) is 0 Å². The molecule has 1 saturated heterocycles. The fourth-order valence-electron chi connectivity index (χ4n) is 2.38. The monoisotopic (exact) mass is 280 g/mol. The predicted molar refractivity (Wildman–Crippen MR) is 81.3 cm³/mol. The molecule has 1 aromatic carbocycles. The number of hydrogen-bond donors (Lipinski definition) is 2. The van der Waals surface area contributed by atoms with Gasteiger partial charge < -0.3 is 15.7 Å². The topological polar surface area (TPSA) is 66.6 Å². The summed E-state index contributed by atoms with van der Waals surface area (Å²) in [6.07, 6.45) is 0. The number of nitrogens with two attached hydrogens (primary N) is 1. The highest BCUT2D eigenvalue weighted by Gasteiger charge is 2.28. The average Bonchev–Trinajstić information content (AvgIpc) is 2.30. The second-order valence-corrected chi connectivity index (χ2v) is 7.36. The lowest BCUT2D eigenvalue weighted by Gasteiger charge is -2.39. The van der Waals surface area contributed by atoms with Crippen molar-refractivity contribution in [1.29, 1.82) is 0 Å². The molecule has 5 heteroatoms. The SMILES string of the molecule is Cc1cc(N2CCSC(C)(C)C2)cc(C(=O)O)c1N. The Hall–Kier alpha value is -1.36. The number of nitrogen functional groups attached to an aromatic ring is 1. The van der Waals surface area contributed by atoms with E-state index in [1.165, 1.54) is 0 Å². The molecule has 2 rings (SSSR count). The van der Waals surface area contributed by atoms with E-state index in [1.807, 2.05) is 24.8 Å². The number of carboxylic acids is 1. The highest BCUT2D eigenvalue weighted by molar-refractivity contribution is 8.00. The molecule has 0 aliphatic carbocycles. The Morgan fingerprint density at radius 1 is 1.47 bits per heavy atom. The van der Waals surface area contributed by atoms with Gasteiger partial charge in [-0.25, -0.2) is 4.79 Å². The van der Waals surface area contributed by atoms with Gasteiger partial charge in [0, 0.05) is 35.0 Å². The van der Waals surface area contributed by atoms with E-state index in [9.17, 15) is 9.90 Å². The van der Waals surface area contributed by atoms with Gasteiger partial charge in [0.2, 0.25) is 0 Å². The highest BCUT2D eigenvalue weighted by Crippen LogP contribution is 2.34. The van der Waals surface area contributed by atoms with Gasteiger partial charge in [-0.05, 0) is 38.5 Å². The van der Waals surface area contributed by atoms with E-state index in [4.69, 9.17) is 5.73 Å². The second kappa shape index (κ2) is 4.96. The molecule has 1 aliphatic heterocycles. The first-order valence-corrected chi connectivity index (χ1v) is 7.31. The van der Waals surface area contributed by atoms with Crippen molar-refractivity contribution in [3.8, 4) is 0 Å². The summed E-state index contributed by atoms with van der Waals surface area (Å²) in [5.41, 5.74) is 8.18. The molecule has 1 aromatic rings. The maximum Gasteiger partial charge on any atom is 0.337 e. The number of aromatic carboxylic acids is 1. The van der Waals surface area contributed by atoms with Gasteiger partial charge in [0.05, 0.1) is 5.56 Å². The predicted octanol–water partition coefficient (Wildman–Crippen LogP) is 2.61. The van der Waals surface area contributed by atoms with E-state index in [0.29, 0.717) is 5.69 Å². The molecular weight excluding hydrogens is 260 g/mol. The summed E-state index contributed by atoms with van der Waals surface area (Å²) in [4.78, 5) is 13.5. The lowest BCUT2D eigenvalue weighted by atomic mass is 10.1. The molecule has 19 heavy (non-hydrogen) atoms. The van der Waals surface area contributed by atoms with Crippen LogP contribution in [0.1, 0.15) is 29.8 Å². The number of nitrogens with zero attached hydrogens (tertiary/aromatic N) is 1. The summed E-state index contributed by atoms with van der Waals surface area (Å²) in [5, 5.41) is 9.21. The standard InChI is InChI=1S/C14H20N2O2S/c1-9-6-10(7-11(12(9)15)13(17)18)16-4-5-19-14(2,3)8-16/h6-7H,4-5,8,15H2,1-3H3,(H,17,18). The first-order valence-electron chi connectivity index (χ1n) is 6.32. The van der Waals surface area contributed by atoms with Crippen molar-refractivity contribution < 1.29 is 9.90 Å². The Morgan fingerprint density at radius 2 is 2.16 bits per heavy atom.